The largest absolute Gasteiger partial charge is 1.00 e. The summed E-state index contributed by atoms with van der Waals surface area (Å²) in [5, 5.41) is 4.44. The molecule has 2 aromatic rings. The van der Waals surface area contributed by atoms with Crippen LogP contribution in [-0.2, 0) is 13.6 Å². The highest BCUT2D eigenvalue weighted by atomic mass is 35.5. The molecule has 1 aliphatic carbocycles. The molecule has 0 radical (unpaired) electrons. The van der Waals surface area contributed by atoms with Gasteiger partial charge in [-0.1, -0.05) is 76.1 Å². The zero-order chi connectivity index (χ0) is 19.2. The molecule has 0 unspecified atom stereocenters. The molecule has 5 nitrogen and oxygen atoms in total. The van der Waals surface area contributed by atoms with E-state index in [1.165, 1.54) is 44.9 Å². The predicted molar refractivity (Wildman–Crippen MR) is 104 cm³/mol. The van der Waals surface area contributed by atoms with E-state index in [-0.39, 0.29) is 24.0 Å². The summed E-state index contributed by atoms with van der Waals surface area (Å²) in [4.78, 5) is 25.7. The molecule has 0 spiro atoms. The summed E-state index contributed by atoms with van der Waals surface area (Å²) in [6, 6.07) is 7.04. The minimum atomic E-state index is -0.110. The van der Waals surface area contributed by atoms with E-state index < -0.39 is 0 Å². The molecule has 1 aromatic carbocycles. The Kier molecular flexibility index (Phi) is 8.36. The molecule has 6 heteroatoms. The maximum Gasteiger partial charge on any atom is 0.249 e. The number of halogens is 1. The first kappa shape index (κ1) is 22.3. The molecule has 0 saturated heterocycles. The molecule has 0 fully saturated rings. The Morgan fingerprint density at radius 2 is 1.39 bits per heavy atom. The van der Waals surface area contributed by atoms with Gasteiger partial charge in [0, 0.05) is 11.1 Å². The molecule has 28 heavy (non-hydrogen) atoms. The topological polar surface area (TPSA) is 55.8 Å². The molecule has 0 amide bonds. The zero-order valence-electron chi connectivity index (χ0n) is 16.9. The molecular weight excluding hydrogens is 374 g/mol. The van der Waals surface area contributed by atoms with Crippen molar-refractivity contribution in [2.75, 3.05) is 0 Å². The second-order valence-corrected chi connectivity index (χ2v) is 7.47. The predicted octanol–water partition coefficient (Wildman–Crippen LogP) is 1.02. The number of carbonyl (C=O) groups excluding carboxylic acids is 2. The van der Waals surface area contributed by atoms with Gasteiger partial charge >= 0.3 is 0 Å². The molecular formula is C22H30ClN3O2. The number of aromatic nitrogens is 3. The number of benzene rings is 1. The molecule has 0 aliphatic heterocycles. The van der Waals surface area contributed by atoms with Crippen LogP contribution >= 0.6 is 0 Å². The Morgan fingerprint density at radius 3 is 2.00 bits per heavy atom. The molecule has 1 heterocycles. The number of carbonyl (C=O) groups is 2. The number of fused-ring (bicyclic) bond motifs is 2. The normalized spacial score (nSPS) is 12.5. The fourth-order valence-corrected chi connectivity index (χ4v) is 3.87. The summed E-state index contributed by atoms with van der Waals surface area (Å²) in [7, 11) is 1.74. The van der Waals surface area contributed by atoms with Crippen molar-refractivity contribution in [2.24, 2.45) is 7.05 Å². The molecule has 0 atom stereocenters. The Morgan fingerprint density at radius 1 is 0.857 bits per heavy atom. The lowest BCUT2D eigenvalue weighted by molar-refractivity contribution is -0.733. The van der Waals surface area contributed by atoms with E-state index >= 15 is 0 Å². The van der Waals surface area contributed by atoms with Crippen molar-refractivity contribution in [1.29, 1.82) is 0 Å². The Balaban J connectivity index is 0.00000280. The maximum atomic E-state index is 12.9. The van der Waals surface area contributed by atoms with Gasteiger partial charge in [0.05, 0.1) is 5.21 Å². The molecule has 3 rings (SSSR count). The summed E-state index contributed by atoms with van der Waals surface area (Å²) in [6.07, 6.45) is 11.2. The zero-order valence-corrected chi connectivity index (χ0v) is 17.7. The van der Waals surface area contributed by atoms with Gasteiger partial charge in [0.25, 0.3) is 0 Å². The van der Waals surface area contributed by atoms with Crippen molar-refractivity contribution >= 4 is 11.6 Å². The molecule has 1 aliphatic rings. The van der Waals surface area contributed by atoms with Crippen LogP contribution < -0.4 is 17.1 Å². The van der Waals surface area contributed by atoms with Gasteiger partial charge < -0.3 is 12.4 Å². The van der Waals surface area contributed by atoms with Gasteiger partial charge in [-0.2, -0.15) is 0 Å². The number of unbranched alkanes of at least 4 members (excludes halogenated alkanes) is 8. The lowest BCUT2D eigenvalue weighted by Crippen LogP contribution is -3.00. The van der Waals surface area contributed by atoms with Crippen molar-refractivity contribution in [3.05, 3.63) is 46.8 Å². The number of nitrogens with zero attached hydrogens (tertiary/aromatic N) is 3. The lowest BCUT2D eigenvalue weighted by atomic mass is 9.90. The highest BCUT2D eigenvalue weighted by Crippen LogP contribution is 2.25. The van der Waals surface area contributed by atoms with E-state index in [0.29, 0.717) is 29.1 Å². The van der Waals surface area contributed by atoms with Gasteiger partial charge in [-0.3, -0.25) is 9.59 Å². The molecule has 0 bridgehead atoms. The Hall–Kier alpha value is -2.01. The van der Waals surface area contributed by atoms with E-state index in [1.807, 2.05) is 0 Å². The first-order chi connectivity index (χ1) is 13.1. The van der Waals surface area contributed by atoms with Crippen LogP contribution in [0.3, 0.4) is 0 Å². The summed E-state index contributed by atoms with van der Waals surface area (Å²) in [6.45, 7) is 2.92. The van der Waals surface area contributed by atoms with Crippen molar-refractivity contribution < 1.29 is 26.7 Å². The van der Waals surface area contributed by atoms with Gasteiger partial charge in [0.15, 0.2) is 0 Å². The van der Waals surface area contributed by atoms with Crippen molar-refractivity contribution in [3.63, 3.8) is 0 Å². The average Bonchev–Trinajstić information content (AvgIpc) is 3.01. The van der Waals surface area contributed by atoms with E-state index in [9.17, 15) is 9.59 Å². The number of ketones is 2. The van der Waals surface area contributed by atoms with Crippen LogP contribution in [0.25, 0.3) is 0 Å². The maximum absolute atomic E-state index is 12.9. The van der Waals surface area contributed by atoms with E-state index in [4.69, 9.17) is 0 Å². The Labute approximate surface area is 173 Å². The van der Waals surface area contributed by atoms with Gasteiger partial charge in [-0.25, -0.2) is 0 Å². The molecule has 0 saturated carbocycles. The smallest absolute Gasteiger partial charge is 0.249 e. The van der Waals surface area contributed by atoms with E-state index in [1.54, 1.807) is 40.7 Å². The molecule has 1 aromatic heterocycles. The second-order valence-electron chi connectivity index (χ2n) is 7.47. The minimum absolute atomic E-state index is 0. The summed E-state index contributed by atoms with van der Waals surface area (Å²) < 4.78 is 3.28. The van der Waals surface area contributed by atoms with Crippen molar-refractivity contribution in [3.8, 4) is 0 Å². The standard InChI is InChI=1S/C22H30N3O2.ClH/c1-3-4-5-6-7-8-9-10-13-16-25-20-19(24(2)23-25)21(26)17-14-11-12-15-18(17)22(20)27;/h11-12,14-15H,3-10,13,16H2,1-2H3;1H/q+1;/p-1. The highest BCUT2D eigenvalue weighted by molar-refractivity contribution is 6.26. The second kappa shape index (κ2) is 10.5. The third-order valence-electron chi connectivity index (χ3n) is 5.37. The lowest BCUT2D eigenvalue weighted by Gasteiger charge is -2.11. The SMILES string of the molecule is CCCCCCCCCCCn1n[n+](C)c2c1C(=O)c1ccccc1C2=O.[Cl-]. The first-order valence-electron chi connectivity index (χ1n) is 10.3. The number of hydrogen-bond acceptors (Lipinski definition) is 3. The first-order valence-corrected chi connectivity index (χ1v) is 10.3. The minimum Gasteiger partial charge on any atom is -1.00 e. The monoisotopic (exact) mass is 403 g/mol. The summed E-state index contributed by atoms with van der Waals surface area (Å²) in [5.41, 5.74) is 1.83. The summed E-state index contributed by atoms with van der Waals surface area (Å²) >= 11 is 0. The van der Waals surface area contributed by atoms with Gasteiger partial charge in [0.2, 0.25) is 23.0 Å². The number of hydrogen-bond donors (Lipinski definition) is 0. The Bertz CT molecular complexity index is 829. The van der Waals surface area contributed by atoms with Crippen LogP contribution in [0, 0.1) is 0 Å². The van der Waals surface area contributed by atoms with Crippen LogP contribution in [0.5, 0.6) is 0 Å². The fourth-order valence-electron chi connectivity index (χ4n) is 3.87. The number of rotatable bonds is 10. The van der Waals surface area contributed by atoms with Crippen LogP contribution in [0.4, 0.5) is 0 Å². The third kappa shape index (κ3) is 4.69. The van der Waals surface area contributed by atoms with Crippen molar-refractivity contribution in [2.45, 2.75) is 71.3 Å². The van der Waals surface area contributed by atoms with Crippen LogP contribution in [0.1, 0.15) is 96.8 Å². The van der Waals surface area contributed by atoms with Gasteiger partial charge in [0.1, 0.15) is 13.6 Å². The molecule has 0 N–H and O–H groups in total. The van der Waals surface area contributed by atoms with Gasteiger partial charge in [-0.15, -0.1) is 9.36 Å². The van der Waals surface area contributed by atoms with Crippen LogP contribution in [0.15, 0.2) is 24.3 Å². The van der Waals surface area contributed by atoms with Crippen LogP contribution in [-0.4, -0.2) is 21.5 Å². The number of aryl methyl sites for hydroxylation is 2. The third-order valence-corrected chi connectivity index (χ3v) is 5.37. The average molecular weight is 404 g/mol. The molecule has 152 valence electrons. The quantitative estimate of drug-likeness (QED) is 0.375. The van der Waals surface area contributed by atoms with Crippen molar-refractivity contribution in [1.82, 2.24) is 9.90 Å². The van der Waals surface area contributed by atoms with E-state index in [2.05, 4.69) is 12.1 Å². The van der Waals surface area contributed by atoms with Crippen LogP contribution in [0.2, 0.25) is 0 Å². The van der Waals surface area contributed by atoms with E-state index in [0.717, 1.165) is 12.8 Å². The summed E-state index contributed by atoms with van der Waals surface area (Å²) in [5.74, 6) is -0.203. The van der Waals surface area contributed by atoms with Gasteiger partial charge in [-0.05, 0) is 12.8 Å². The highest BCUT2D eigenvalue weighted by Gasteiger charge is 2.41. The fraction of sp³-hybridized carbons (Fsp3) is 0.545.